The molecule has 0 spiro atoms. The van der Waals surface area contributed by atoms with E-state index in [4.69, 9.17) is 0 Å². The van der Waals surface area contributed by atoms with E-state index in [1.165, 1.54) is 12.1 Å². The highest BCUT2D eigenvalue weighted by atomic mass is 19.4. The maximum atomic E-state index is 12.7. The number of carbonyl (C=O) groups excluding carboxylic acids is 2. The van der Waals surface area contributed by atoms with Gasteiger partial charge >= 0.3 is 6.18 Å². The van der Waals surface area contributed by atoms with Crippen molar-refractivity contribution in [3.63, 3.8) is 0 Å². The number of carbonyl (C=O) groups is 2. The number of likely N-dealkylation sites (tertiary alicyclic amines) is 1. The van der Waals surface area contributed by atoms with Crippen LogP contribution in [0, 0.1) is 5.92 Å². The highest BCUT2D eigenvalue weighted by Gasteiger charge is 2.31. The summed E-state index contributed by atoms with van der Waals surface area (Å²) in [7, 11) is 0. The minimum Gasteiger partial charge on any atom is -0.355 e. The summed E-state index contributed by atoms with van der Waals surface area (Å²) in [6, 6.07) is 4.43. The van der Waals surface area contributed by atoms with Gasteiger partial charge in [-0.25, -0.2) is 0 Å². The van der Waals surface area contributed by atoms with Gasteiger partial charge in [-0.2, -0.15) is 13.2 Å². The van der Waals surface area contributed by atoms with Gasteiger partial charge in [0.25, 0.3) is 5.91 Å². The summed E-state index contributed by atoms with van der Waals surface area (Å²) in [5.74, 6) is -0.217. The highest BCUT2D eigenvalue weighted by Crippen LogP contribution is 2.29. The summed E-state index contributed by atoms with van der Waals surface area (Å²) < 4.78 is 38.2. The number of nitrogens with one attached hydrogen (secondary N) is 2. The van der Waals surface area contributed by atoms with Crippen LogP contribution in [0.25, 0.3) is 0 Å². The van der Waals surface area contributed by atoms with Gasteiger partial charge in [0.1, 0.15) is 0 Å². The van der Waals surface area contributed by atoms with E-state index in [0.29, 0.717) is 19.6 Å². The van der Waals surface area contributed by atoms with Crippen LogP contribution in [0.4, 0.5) is 13.2 Å². The number of halogens is 3. The summed E-state index contributed by atoms with van der Waals surface area (Å²) in [6.07, 6.45) is -1.89. The van der Waals surface area contributed by atoms with Crippen molar-refractivity contribution in [2.45, 2.75) is 32.4 Å². The van der Waals surface area contributed by atoms with Crippen molar-refractivity contribution in [2.24, 2.45) is 5.92 Å². The molecule has 2 N–H and O–H groups in total. The number of amides is 2. The number of benzene rings is 1. The summed E-state index contributed by atoms with van der Waals surface area (Å²) in [4.78, 5) is 25.9. The van der Waals surface area contributed by atoms with Crippen molar-refractivity contribution >= 4 is 11.8 Å². The maximum absolute atomic E-state index is 12.7. The lowest BCUT2D eigenvalue weighted by Gasteiger charge is -2.31. The number of alkyl halides is 3. The van der Waals surface area contributed by atoms with E-state index in [2.05, 4.69) is 15.5 Å². The quantitative estimate of drug-likeness (QED) is 0.759. The van der Waals surface area contributed by atoms with E-state index in [1.807, 2.05) is 6.92 Å². The van der Waals surface area contributed by atoms with Crippen LogP contribution in [0.3, 0.4) is 0 Å². The summed E-state index contributed by atoms with van der Waals surface area (Å²) in [5, 5.41) is 5.57. The fraction of sp³-hybridized carbons (Fsp3) is 0.579. The Labute approximate surface area is 157 Å². The monoisotopic (exact) mass is 385 g/mol. The Bertz CT molecular complexity index is 641. The summed E-state index contributed by atoms with van der Waals surface area (Å²) in [5.41, 5.74) is -0.820. The third-order valence-corrected chi connectivity index (χ3v) is 4.65. The van der Waals surface area contributed by atoms with E-state index in [9.17, 15) is 22.8 Å². The molecule has 1 aromatic carbocycles. The van der Waals surface area contributed by atoms with Gasteiger partial charge in [0, 0.05) is 18.7 Å². The third-order valence-electron chi connectivity index (χ3n) is 4.65. The molecule has 1 saturated heterocycles. The van der Waals surface area contributed by atoms with Crippen molar-refractivity contribution < 1.29 is 22.8 Å². The number of nitrogens with zero attached hydrogens (tertiary/aromatic N) is 1. The van der Waals surface area contributed by atoms with Crippen LogP contribution in [0.1, 0.15) is 42.1 Å². The molecule has 150 valence electrons. The van der Waals surface area contributed by atoms with Gasteiger partial charge in [-0.15, -0.1) is 0 Å². The predicted molar refractivity (Wildman–Crippen MR) is 96.2 cm³/mol. The van der Waals surface area contributed by atoms with Gasteiger partial charge in [-0.1, -0.05) is 13.0 Å². The fourth-order valence-electron chi connectivity index (χ4n) is 3.05. The molecule has 0 radical (unpaired) electrons. The van der Waals surface area contributed by atoms with E-state index < -0.39 is 17.6 Å². The van der Waals surface area contributed by atoms with E-state index in [1.54, 1.807) is 0 Å². The predicted octanol–water partition coefficient (Wildman–Crippen LogP) is 2.67. The standard InChI is InChI=1S/C19H26F3N3O2/c1-2-8-23-17(26)13-25-9-6-14(7-10-25)12-24-18(27)15-4-3-5-16(11-15)19(20,21)22/h3-5,11,14H,2,6-10,12-13H2,1H3,(H,23,26)(H,24,27). The average Bonchev–Trinajstić information content (AvgIpc) is 2.65. The average molecular weight is 385 g/mol. The zero-order valence-corrected chi connectivity index (χ0v) is 15.4. The molecule has 1 aromatic rings. The molecule has 0 aromatic heterocycles. The fourth-order valence-corrected chi connectivity index (χ4v) is 3.05. The van der Waals surface area contributed by atoms with Gasteiger partial charge in [0.15, 0.2) is 0 Å². The second-order valence-electron chi connectivity index (χ2n) is 6.86. The lowest BCUT2D eigenvalue weighted by atomic mass is 9.96. The van der Waals surface area contributed by atoms with E-state index in [-0.39, 0.29) is 17.4 Å². The molecule has 1 aliphatic heterocycles. The molecule has 5 nitrogen and oxygen atoms in total. The van der Waals surface area contributed by atoms with Gasteiger partial charge in [-0.05, 0) is 56.5 Å². The molecule has 1 fully saturated rings. The molecule has 0 saturated carbocycles. The van der Waals surface area contributed by atoms with Crippen LogP contribution in [-0.4, -0.2) is 49.4 Å². The van der Waals surface area contributed by atoms with Crippen LogP contribution < -0.4 is 10.6 Å². The highest BCUT2D eigenvalue weighted by molar-refractivity contribution is 5.94. The van der Waals surface area contributed by atoms with Gasteiger partial charge in [0.2, 0.25) is 5.91 Å². The van der Waals surface area contributed by atoms with Crippen LogP contribution in [0.2, 0.25) is 0 Å². The summed E-state index contributed by atoms with van der Waals surface area (Å²) >= 11 is 0. The molecule has 2 rings (SSSR count). The first-order valence-corrected chi connectivity index (χ1v) is 9.24. The molecule has 2 amide bonds. The first-order valence-electron chi connectivity index (χ1n) is 9.24. The Morgan fingerprint density at radius 3 is 2.52 bits per heavy atom. The Morgan fingerprint density at radius 2 is 1.89 bits per heavy atom. The van der Waals surface area contributed by atoms with Gasteiger partial charge < -0.3 is 10.6 Å². The molecule has 8 heteroatoms. The molecule has 1 heterocycles. The minimum atomic E-state index is -4.47. The molecule has 0 unspecified atom stereocenters. The number of rotatable bonds is 7. The van der Waals surface area contributed by atoms with Crippen LogP contribution in [0.5, 0.6) is 0 Å². The van der Waals surface area contributed by atoms with Crippen molar-refractivity contribution in [1.82, 2.24) is 15.5 Å². The van der Waals surface area contributed by atoms with E-state index >= 15 is 0 Å². The van der Waals surface area contributed by atoms with Crippen LogP contribution >= 0.6 is 0 Å². The van der Waals surface area contributed by atoms with Gasteiger partial charge in [-0.3, -0.25) is 14.5 Å². The Hall–Kier alpha value is -2.09. The lowest BCUT2D eigenvalue weighted by molar-refractivity contribution is -0.137. The number of hydrogen-bond acceptors (Lipinski definition) is 3. The van der Waals surface area contributed by atoms with Crippen molar-refractivity contribution in [3.05, 3.63) is 35.4 Å². The topological polar surface area (TPSA) is 61.4 Å². The number of hydrogen-bond donors (Lipinski definition) is 2. The van der Waals surface area contributed by atoms with Crippen LogP contribution in [0.15, 0.2) is 24.3 Å². The van der Waals surface area contributed by atoms with Gasteiger partial charge in [0.05, 0.1) is 12.1 Å². The first-order chi connectivity index (χ1) is 12.8. The molecule has 27 heavy (non-hydrogen) atoms. The zero-order valence-electron chi connectivity index (χ0n) is 15.4. The SMILES string of the molecule is CCCNC(=O)CN1CCC(CNC(=O)c2cccc(C(F)(F)F)c2)CC1. The number of piperidine rings is 1. The Balaban J connectivity index is 1.75. The lowest BCUT2D eigenvalue weighted by Crippen LogP contribution is -2.43. The smallest absolute Gasteiger partial charge is 0.355 e. The third kappa shape index (κ3) is 6.86. The first kappa shape index (κ1) is 21.2. The molecule has 0 aliphatic carbocycles. The van der Waals surface area contributed by atoms with Crippen LogP contribution in [-0.2, 0) is 11.0 Å². The Kier molecular flexibility index (Phi) is 7.65. The van der Waals surface area contributed by atoms with Crippen molar-refractivity contribution in [2.75, 3.05) is 32.7 Å². The molecule has 1 aliphatic rings. The largest absolute Gasteiger partial charge is 0.416 e. The molecular formula is C19H26F3N3O2. The zero-order chi connectivity index (χ0) is 19.9. The molecular weight excluding hydrogens is 359 g/mol. The molecule has 0 bridgehead atoms. The summed E-state index contributed by atoms with van der Waals surface area (Å²) in [6.45, 7) is 5.01. The van der Waals surface area contributed by atoms with Crippen molar-refractivity contribution in [1.29, 1.82) is 0 Å². The minimum absolute atomic E-state index is 0.00913. The second-order valence-corrected chi connectivity index (χ2v) is 6.86. The maximum Gasteiger partial charge on any atom is 0.416 e. The van der Waals surface area contributed by atoms with Crippen molar-refractivity contribution in [3.8, 4) is 0 Å². The normalized spacial score (nSPS) is 16.1. The Morgan fingerprint density at radius 1 is 1.19 bits per heavy atom. The van der Waals surface area contributed by atoms with E-state index in [0.717, 1.165) is 44.5 Å². The molecule has 0 atom stereocenters. The second kappa shape index (κ2) is 9.73.